The maximum atomic E-state index is 13.8. The number of rotatable bonds is 39. The Morgan fingerprint density at radius 2 is 0.692 bits per heavy atom. The molecule has 17 heteroatoms. The van der Waals surface area contributed by atoms with Gasteiger partial charge in [0.2, 0.25) is 5.88 Å². The summed E-state index contributed by atoms with van der Waals surface area (Å²) in [4.78, 5) is 66.2. The summed E-state index contributed by atoms with van der Waals surface area (Å²) in [6.45, 7) is 14.2. The molecule has 0 spiro atoms. The van der Waals surface area contributed by atoms with Gasteiger partial charge in [-0.15, -0.1) is 0 Å². The van der Waals surface area contributed by atoms with Gasteiger partial charge >= 0.3 is 29.8 Å². The molecular weight excluding hydrogens is 1160 g/mol. The van der Waals surface area contributed by atoms with Crippen molar-refractivity contribution in [1.29, 1.82) is 0 Å². The lowest BCUT2D eigenvalue weighted by atomic mass is 9.82. The van der Waals surface area contributed by atoms with Gasteiger partial charge in [-0.2, -0.15) is 0 Å². The van der Waals surface area contributed by atoms with Crippen LogP contribution in [0.15, 0.2) is 147 Å². The molecule has 1 aromatic heterocycles. The predicted molar refractivity (Wildman–Crippen MR) is 347 cm³/mol. The van der Waals surface area contributed by atoms with Crippen molar-refractivity contribution in [2.75, 3.05) is 52.9 Å². The second-order valence-electron chi connectivity index (χ2n) is 23.1. The van der Waals surface area contributed by atoms with E-state index in [9.17, 15) is 24.0 Å². The lowest BCUT2D eigenvalue weighted by molar-refractivity contribution is -0.141. The fourth-order valence-electron chi connectivity index (χ4n) is 11.0. The Hall–Kier alpha value is -8.86. The van der Waals surface area contributed by atoms with Crippen LogP contribution in [-0.2, 0) is 38.2 Å². The average molecular weight is 1250 g/mol. The van der Waals surface area contributed by atoms with Crippen molar-refractivity contribution in [3.05, 3.63) is 147 Å². The zero-order valence-corrected chi connectivity index (χ0v) is 52.3. The van der Waals surface area contributed by atoms with E-state index in [0.29, 0.717) is 124 Å². The van der Waals surface area contributed by atoms with E-state index < -0.39 is 17.9 Å². The van der Waals surface area contributed by atoms with Gasteiger partial charge < -0.3 is 52.1 Å². The smallest absolute Gasteiger partial charge is 0.330 e. The molecule has 0 atom stereocenters. The van der Waals surface area contributed by atoms with E-state index in [2.05, 4.69) is 19.7 Å². The van der Waals surface area contributed by atoms with Crippen molar-refractivity contribution in [3.63, 3.8) is 0 Å². The van der Waals surface area contributed by atoms with Crippen molar-refractivity contribution in [3.8, 4) is 51.9 Å². The lowest BCUT2D eigenvalue weighted by Crippen LogP contribution is -2.27. The van der Waals surface area contributed by atoms with Gasteiger partial charge in [-0.3, -0.25) is 9.59 Å². The minimum absolute atomic E-state index is 0.251. The topological polar surface area (TPSA) is 200 Å². The number of carbonyl (C=O) groups excluding carboxylic acids is 5. The second kappa shape index (κ2) is 37.3. The van der Waals surface area contributed by atoms with E-state index in [1.165, 1.54) is 18.2 Å². The number of fused-ring (bicyclic) bond motifs is 3. The van der Waals surface area contributed by atoms with Crippen molar-refractivity contribution in [2.24, 2.45) is 23.7 Å². The van der Waals surface area contributed by atoms with Crippen molar-refractivity contribution in [1.82, 2.24) is 4.98 Å². The molecular formula is C74H87NO16. The monoisotopic (exact) mass is 1250 g/mol. The zero-order valence-electron chi connectivity index (χ0n) is 52.3. The van der Waals surface area contributed by atoms with Crippen molar-refractivity contribution >= 4 is 51.5 Å². The van der Waals surface area contributed by atoms with Crippen LogP contribution in [0.5, 0.6) is 51.9 Å². The molecule has 0 bridgehead atoms. The van der Waals surface area contributed by atoms with E-state index >= 15 is 0 Å². The number of nitrogens with zero attached hydrogens (tertiary/aromatic N) is 1. The highest BCUT2D eigenvalue weighted by atomic mass is 16.6. The van der Waals surface area contributed by atoms with Gasteiger partial charge in [-0.05, 0) is 249 Å². The summed E-state index contributed by atoms with van der Waals surface area (Å²) in [6, 6.07) is 33.6. The summed E-state index contributed by atoms with van der Waals surface area (Å²) in [5, 5.41) is 2.24. The van der Waals surface area contributed by atoms with Crippen molar-refractivity contribution in [2.45, 2.75) is 128 Å². The molecule has 484 valence electrons. The Morgan fingerprint density at radius 3 is 1.08 bits per heavy atom. The Balaban J connectivity index is 0.821. The predicted octanol–water partition coefficient (Wildman–Crippen LogP) is 15.8. The molecule has 0 aliphatic heterocycles. The maximum absolute atomic E-state index is 13.8. The molecule has 0 radical (unpaired) electrons. The third-order valence-corrected chi connectivity index (χ3v) is 16.3. The summed E-state index contributed by atoms with van der Waals surface area (Å²) in [6.07, 6.45) is 20.3. The molecule has 2 saturated carbocycles. The van der Waals surface area contributed by atoms with Gasteiger partial charge in [-0.1, -0.05) is 19.7 Å². The van der Waals surface area contributed by atoms with E-state index in [1.54, 1.807) is 24.3 Å². The Bertz CT molecular complexity index is 3290. The molecule has 17 nitrogen and oxygen atoms in total. The van der Waals surface area contributed by atoms with Crippen LogP contribution in [0.2, 0.25) is 0 Å². The van der Waals surface area contributed by atoms with E-state index in [-0.39, 0.29) is 29.7 Å². The van der Waals surface area contributed by atoms with E-state index in [0.717, 1.165) is 137 Å². The first kappa shape index (κ1) is 68.1. The van der Waals surface area contributed by atoms with Crippen LogP contribution in [0.4, 0.5) is 0 Å². The van der Waals surface area contributed by atoms with Gasteiger partial charge in [0.15, 0.2) is 0 Å². The third-order valence-electron chi connectivity index (χ3n) is 16.3. The molecule has 2 aliphatic carbocycles. The Morgan fingerprint density at radius 1 is 0.363 bits per heavy atom. The van der Waals surface area contributed by atoms with Crippen LogP contribution in [0, 0.1) is 23.7 Å². The molecule has 8 rings (SSSR count). The van der Waals surface area contributed by atoms with Crippen LogP contribution in [0.3, 0.4) is 0 Å². The molecule has 0 amide bonds. The van der Waals surface area contributed by atoms with Crippen LogP contribution >= 0.6 is 0 Å². The standard InChI is InChI=1S/C74H87NO16/c1-4-69(76)84-46-16-10-7-13-43-81-57-27-31-60(32-28-57)87-51-53-19-23-55(24-20-53)73(79)90-63-39-41-65-66-42-40-64(50-68(66)75-72(67(65)49-63)89-62-37-35-59(36-38-62)83-45-15-9-12-18-48-86-71(78)6-3)91-74(80)56-25-21-54(22-26-56)52-88-61-33-29-58(30-34-61)82-44-14-8-11-17-47-85-70(77)5-2/h4-6,27-42,49-50,53-56H,1-3,7-26,43-48,51-52H2. The highest BCUT2D eigenvalue weighted by Gasteiger charge is 2.30. The number of esters is 5. The lowest BCUT2D eigenvalue weighted by Gasteiger charge is -2.27. The van der Waals surface area contributed by atoms with Crippen LogP contribution in [0.1, 0.15) is 128 Å². The number of carbonyl (C=O) groups is 5. The summed E-state index contributed by atoms with van der Waals surface area (Å²) in [5.41, 5.74) is 0.558. The maximum Gasteiger partial charge on any atom is 0.330 e. The molecule has 2 fully saturated rings. The van der Waals surface area contributed by atoms with Gasteiger partial charge in [0.25, 0.3) is 0 Å². The molecule has 0 N–H and O–H groups in total. The number of ether oxygens (including phenoxy) is 11. The average Bonchev–Trinajstić information content (AvgIpc) is 1.93. The SMILES string of the molecule is C=CC(=O)OCCCCCCOc1ccc(OCC2CCC(C(=O)Oc3ccc4c(c3)nc(Oc3ccc(OCCCCCCOC(=O)C=C)cc3)c3cc(OC(=O)C5CCC(COc6ccc(OCCCCCCOC(=O)C=C)cc6)CC5)ccc34)CC2)cc1. The third kappa shape index (κ3) is 23.2. The van der Waals surface area contributed by atoms with Crippen LogP contribution < -0.4 is 37.9 Å². The number of pyridine rings is 1. The molecule has 1 heterocycles. The van der Waals surface area contributed by atoms with Gasteiger partial charge in [-0.25, -0.2) is 19.4 Å². The number of hydrogen-bond acceptors (Lipinski definition) is 17. The summed E-state index contributed by atoms with van der Waals surface area (Å²) in [7, 11) is 0. The quantitative estimate of drug-likeness (QED) is 0.00880. The molecule has 0 unspecified atom stereocenters. The first-order valence-electron chi connectivity index (χ1n) is 32.3. The number of aromatic nitrogens is 1. The van der Waals surface area contributed by atoms with Gasteiger partial charge in [0.1, 0.15) is 46.0 Å². The number of hydrogen-bond donors (Lipinski definition) is 0. The highest BCUT2D eigenvalue weighted by molar-refractivity contribution is 6.08. The van der Waals surface area contributed by atoms with Gasteiger partial charge in [0, 0.05) is 35.1 Å². The second-order valence-corrected chi connectivity index (χ2v) is 23.1. The molecule has 6 aromatic rings. The Kier molecular flexibility index (Phi) is 27.9. The molecule has 2 aliphatic rings. The largest absolute Gasteiger partial charge is 0.494 e. The molecule has 91 heavy (non-hydrogen) atoms. The summed E-state index contributed by atoms with van der Waals surface area (Å²) >= 11 is 0. The van der Waals surface area contributed by atoms with E-state index in [1.807, 2.05) is 84.9 Å². The summed E-state index contributed by atoms with van der Waals surface area (Å²) < 4.78 is 64.0. The zero-order chi connectivity index (χ0) is 63.8. The first-order valence-corrected chi connectivity index (χ1v) is 32.3. The fraction of sp³-hybridized carbons (Fsp3) is 0.432. The Labute approximate surface area is 534 Å². The number of benzene rings is 5. The van der Waals surface area contributed by atoms with Gasteiger partial charge in [0.05, 0.1) is 70.2 Å². The number of unbranched alkanes of at least 4 members (excludes halogenated alkanes) is 9. The van der Waals surface area contributed by atoms with Crippen LogP contribution in [0.25, 0.3) is 21.7 Å². The van der Waals surface area contributed by atoms with Crippen LogP contribution in [-0.4, -0.2) is 87.7 Å². The minimum atomic E-state index is -0.412. The molecule has 5 aromatic carbocycles. The van der Waals surface area contributed by atoms with Crippen molar-refractivity contribution < 1.29 is 76.1 Å². The fourth-order valence-corrected chi connectivity index (χ4v) is 11.0. The highest BCUT2D eigenvalue weighted by Crippen LogP contribution is 2.39. The minimum Gasteiger partial charge on any atom is -0.494 e. The molecule has 0 saturated heterocycles. The van der Waals surface area contributed by atoms with E-state index in [4.69, 9.17) is 57.1 Å². The normalized spacial score (nSPS) is 16.1. The summed E-state index contributed by atoms with van der Waals surface area (Å²) in [5.74, 6) is 3.67. The first-order chi connectivity index (χ1) is 44.5.